The van der Waals surface area contributed by atoms with E-state index in [0.717, 1.165) is 26.1 Å². The average Bonchev–Trinajstić information content (AvgIpc) is 3.01. The minimum absolute atomic E-state index is 0.0427. The Kier molecular flexibility index (Phi) is 6.52. The van der Waals surface area contributed by atoms with E-state index < -0.39 is 0 Å². The Morgan fingerprint density at radius 2 is 1.75 bits per heavy atom. The fourth-order valence-electron chi connectivity index (χ4n) is 3.74. The molecule has 0 aliphatic carbocycles. The molecule has 0 unspecified atom stereocenters. The molecule has 0 radical (unpaired) electrons. The number of nitrogens with one attached hydrogen (secondary N) is 1. The molecular formula is C22H29N3O3. The highest BCUT2D eigenvalue weighted by Gasteiger charge is 2.28. The van der Waals surface area contributed by atoms with Crippen LogP contribution in [0.25, 0.3) is 0 Å². The van der Waals surface area contributed by atoms with Crippen molar-refractivity contribution in [1.29, 1.82) is 0 Å². The van der Waals surface area contributed by atoms with E-state index >= 15 is 0 Å². The van der Waals surface area contributed by atoms with Crippen molar-refractivity contribution in [3.05, 3.63) is 58.4 Å². The van der Waals surface area contributed by atoms with Crippen LogP contribution in [-0.4, -0.2) is 66.0 Å². The molecule has 1 aliphatic heterocycles. The highest BCUT2D eigenvalue weighted by Crippen LogP contribution is 2.21. The Hall–Kier alpha value is -2.60. The van der Waals surface area contributed by atoms with Crippen LogP contribution in [0.4, 0.5) is 0 Å². The van der Waals surface area contributed by atoms with E-state index in [-0.39, 0.29) is 11.9 Å². The Morgan fingerprint density at radius 3 is 2.39 bits per heavy atom. The fraction of sp³-hybridized carbons (Fsp3) is 0.455. The number of carbonyl (C=O) groups excluding carboxylic acids is 2. The molecule has 0 saturated carbocycles. The van der Waals surface area contributed by atoms with Crippen LogP contribution >= 0.6 is 0 Å². The normalized spacial score (nSPS) is 14.9. The molecule has 2 heterocycles. The van der Waals surface area contributed by atoms with Crippen LogP contribution in [-0.2, 0) is 11.2 Å². The first-order chi connectivity index (χ1) is 13.5. The van der Waals surface area contributed by atoms with Gasteiger partial charge in [-0.1, -0.05) is 30.3 Å². The summed E-state index contributed by atoms with van der Waals surface area (Å²) < 4.78 is 5.12. The van der Waals surface area contributed by atoms with Crippen molar-refractivity contribution < 1.29 is 14.3 Å². The molecule has 1 saturated heterocycles. The number of carbonyl (C=O) groups is 2. The lowest BCUT2D eigenvalue weighted by Gasteiger charge is -2.34. The number of rotatable bonds is 6. The lowest BCUT2D eigenvalue weighted by molar-refractivity contribution is 0.0525. The Balaban J connectivity index is 1.58. The maximum atomic E-state index is 13.0. The summed E-state index contributed by atoms with van der Waals surface area (Å²) >= 11 is 0. The molecule has 150 valence electrons. The standard InChI is InChI=1S/C22H29N3O3/c1-4-28-22(27)19-16(2)20(23-17(19)3)21(26)25-14-12-24(13-15-25)11-10-18-8-6-5-7-9-18/h5-9,23H,4,10-15H2,1-3H3. The van der Waals surface area contributed by atoms with E-state index in [1.54, 1.807) is 20.8 Å². The molecule has 0 bridgehead atoms. The topological polar surface area (TPSA) is 65.6 Å². The molecule has 1 fully saturated rings. The van der Waals surface area contributed by atoms with E-state index in [0.29, 0.717) is 42.2 Å². The van der Waals surface area contributed by atoms with Crippen molar-refractivity contribution in [3.63, 3.8) is 0 Å². The summed E-state index contributed by atoms with van der Waals surface area (Å²) in [6.07, 6.45) is 1.02. The summed E-state index contributed by atoms with van der Waals surface area (Å²) in [5, 5.41) is 0. The summed E-state index contributed by atoms with van der Waals surface area (Å²) in [4.78, 5) is 32.5. The number of aromatic nitrogens is 1. The van der Waals surface area contributed by atoms with Crippen molar-refractivity contribution in [2.45, 2.75) is 27.2 Å². The first-order valence-corrected chi connectivity index (χ1v) is 9.93. The molecule has 1 aromatic heterocycles. The maximum absolute atomic E-state index is 13.0. The van der Waals surface area contributed by atoms with Gasteiger partial charge >= 0.3 is 5.97 Å². The summed E-state index contributed by atoms with van der Waals surface area (Å²) in [6, 6.07) is 10.5. The third-order valence-electron chi connectivity index (χ3n) is 5.35. The van der Waals surface area contributed by atoms with Gasteiger partial charge in [-0.2, -0.15) is 0 Å². The van der Waals surface area contributed by atoms with Gasteiger partial charge in [-0.05, 0) is 38.3 Å². The van der Waals surface area contributed by atoms with Crippen molar-refractivity contribution in [1.82, 2.24) is 14.8 Å². The largest absolute Gasteiger partial charge is 0.462 e. The van der Waals surface area contributed by atoms with Crippen LogP contribution in [0.15, 0.2) is 30.3 Å². The predicted octanol–water partition coefficient (Wildman–Crippen LogP) is 2.81. The zero-order chi connectivity index (χ0) is 20.1. The zero-order valence-electron chi connectivity index (χ0n) is 17.0. The third-order valence-corrected chi connectivity index (χ3v) is 5.35. The number of esters is 1. The smallest absolute Gasteiger partial charge is 0.340 e. The molecule has 6 heteroatoms. The van der Waals surface area contributed by atoms with E-state index in [4.69, 9.17) is 4.74 Å². The maximum Gasteiger partial charge on any atom is 0.340 e. The van der Waals surface area contributed by atoms with Gasteiger partial charge in [-0.25, -0.2) is 4.79 Å². The van der Waals surface area contributed by atoms with Crippen LogP contribution < -0.4 is 0 Å². The van der Waals surface area contributed by atoms with Crippen molar-refractivity contribution >= 4 is 11.9 Å². The van der Waals surface area contributed by atoms with Gasteiger partial charge in [0.25, 0.3) is 5.91 Å². The Morgan fingerprint density at radius 1 is 1.07 bits per heavy atom. The SMILES string of the molecule is CCOC(=O)c1c(C)[nH]c(C(=O)N2CCN(CCc3ccccc3)CC2)c1C. The number of benzene rings is 1. The molecule has 0 atom stereocenters. The van der Waals surface area contributed by atoms with Gasteiger partial charge in [0, 0.05) is 38.4 Å². The van der Waals surface area contributed by atoms with Gasteiger partial charge in [-0.3, -0.25) is 9.69 Å². The summed E-state index contributed by atoms with van der Waals surface area (Å²) in [7, 11) is 0. The number of H-pyrrole nitrogens is 1. The van der Waals surface area contributed by atoms with Crippen LogP contribution in [0, 0.1) is 13.8 Å². The molecule has 3 rings (SSSR count). The van der Waals surface area contributed by atoms with Crippen molar-refractivity contribution in [2.24, 2.45) is 0 Å². The van der Waals surface area contributed by atoms with E-state index in [1.807, 2.05) is 11.0 Å². The minimum Gasteiger partial charge on any atom is -0.462 e. The monoisotopic (exact) mass is 383 g/mol. The molecule has 0 spiro atoms. The number of aromatic amines is 1. The van der Waals surface area contributed by atoms with Crippen LogP contribution in [0.1, 0.15) is 44.6 Å². The van der Waals surface area contributed by atoms with Crippen LogP contribution in [0.2, 0.25) is 0 Å². The molecule has 1 aromatic carbocycles. The van der Waals surface area contributed by atoms with Gasteiger partial charge in [0.15, 0.2) is 0 Å². The molecular weight excluding hydrogens is 354 g/mol. The van der Waals surface area contributed by atoms with Crippen molar-refractivity contribution in [2.75, 3.05) is 39.3 Å². The Labute approximate surface area is 166 Å². The molecule has 6 nitrogen and oxygen atoms in total. The first-order valence-electron chi connectivity index (χ1n) is 9.93. The van der Waals surface area contributed by atoms with Crippen molar-refractivity contribution in [3.8, 4) is 0 Å². The molecule has 1 amide bonds. The second kappa shape index (κ2) is 9.06. The van der Waals surface area contributed by atoms with Gasteiger partial charge in [0.05, 0.1) is 12.2 Å². The molecule has 1 aliphatic rings. The van der Waals surface area contributed by atoms with E-state index in [9.17, 15) is 9.59 Å². The fourth-order valence-corrected chi connectivity index (χ4v) is 3.74. The van der Waals surface area contributed by atoms with Gasteiger partial charge in [0.2, 0.25) is 0 Å². The van der Waals surface area contributed by atoms with E-state index in [2.05, 4.69) is 34.1 Å². The summed E-state index contributed by atoms with van der Waals surface area (Å²) in [5.74, 6) is -0.419. The lowest BCUT2D eigenvalue weighted by Crippen LogP contribution is -2.49. The van der Waals surface area contributed by atoms with E-state index in [1.165, 1.54) is 5.56 Å². The molecule has 28 heavy (non-hydrogen) atoms. The number of ether oxygens (including phenoxy) is 1. The lowest BCUT2D eigenvalue weighted by atomic mass is 10.1. The Bertz CT molecular complexity index is 821. The zero-order valence-corrected chi connectivity index (χ0v) is 17.0. The van der Waals surface area contributed by atoms with Crippen LogP contribution in [0.3, 0.4) is 0 Å². The number of hydrogen-bond donors (Lipinski definition) is 1. The first kappa shape index (κ1) is 20.1. The summed E-state index contributed by atoms with van der Waals surface area (Å²) in [5.41, 5.74) is 3.67. The van der Waals surface area contributed by atoms with Gasteiger partial charge < -0.3 is 14.6 Å². The number of nitrogens with zero attached hydrogens (tertiary/aromatic N) is 2. The highest BCUT2D eigenvalue weighted by atomic mass is 16.5. The van der Waals surface area contributed by atoms with Crippen LogP contribution in [0.5, 0.6) is 0 Å². The average molecular weight is 383 g/mol. The number of hydrogen-bond acceptors (Lipinski definition) is 4. The number of amides is 1. The van der Waals surface area contributed by atoms with Gasteiger partial charge in [-0.15, -0.1) is 0 Å². The van der Waals surface area contributed by atoms with Gasteiger partial charge in [0.1, 0.15) is 5.69 Å². The highest BCUT2D eigenvalue weighted by molar-refractivity contribution is 6.00. The second-order valence-corrected chi connectivity index (χ2v) is 7.21. The predicted molar refractivity (Wildman–Crippen MR) is 109 cm³/mol. The second-order valence-electron chi connectivity index (χ2n) is 7.21. The summed E-state index contributed by atoms with van der Waals surface area (Å²) in [6.45, 7) is 9.82. The minimum atomic E-state index is -0.376. The molecule has 1 N–H and O–H groups in total. The number of piperazine rings is 1. The quantitative estimate of drug-likeness (QED) is 0.779. The third kappa shape index (κ3) is 4.44. The number of aryl methyl sites for hydroxylation is 1. The molecule has 2 aromatic rings.